The molecule has 2 aliphatic rings. The zero-order valence-corrected chi connectivity index (χ0v) is 11.0. The lowest BCUT2D eigenvalue weighted by Gasteiger charge is -2.43. The minimum absolute atomic E-state index is 0.672. The molecule has 16 heavy (non-hydrogen) atoms. The Balaban J connectivity index is 1.95. The third kappa shape index (κ3) is 2.78. The van der Waals surface area contributed by atoms with Gasteiger partial charge in [-0.1, -0.05) is 26.2 Å². The maximum absolute atomic E-state index is 3.63. The zero-order valence-electron chi connectivity index (χ0n) is 11.0. The molecule has 94 valence electrons. The van der Waals surface area contributed by atoms with Crippen LogP contribution >= 0.6 is 0 Å². The fourth-order valence-electron chi connectivity index (χ4n) is 3.66. The van der Waals surface area contributed by atoms with Gasteiger partial charge >= 0.3 is 0 Å². The normalized spacial score (nSPS) is 30.8. The summed E-state index contributed by atoms with van der Waals surface area (Å²) in [5.74, 6) is 0. The Hall–Kier alpha value is -0.0800. The second-order valence-corrected chi connectivity index (χ2v) is 5.59. The first-order valence-electron chi connectivity index (χ1n) is 7.32. The number of hydrogen-bond donors (Lipinski definition) is 1. The van der Waals surface area contributed by atoms with Gasteiger partial charge in [0, 0.05) is 18.1 Å². The fourth-order valence-corrected chi connectivity index (χ4v) is 3.66. The standard InChI is InChI=1S/C14H28N2/c1-3-15-12(2)14-10-6-7-11-16(14)13-8-4-5-9-13/h12-15H,3-11H2,1-2H3. The molecule has 0 aromatic rings. The highest BCUT2D eigenvalue weighted by atomic mass is 15.2. The Morgan fingerprint density at radius 3 is 2.50 bits per heavy atom. The molecule has 1 aliphatic carbocycles. The minimum atomic E-state index is 0.672. The lowest BCUT2D eigenvalue weighted by atomic mass is 9.94. The van der Waals surface area contributed by atoms with E-state index in [0.717, 1.165) is 18.6 Å². The van der Waals surface area contributed by atoms with Crippen molar-refractivity contribution in [2.75, 3.05) is 13.1 Å². The van der Waals surface area contributed by atoms with Gasteiger partial charge in [-0.3, -0.25) is 4.90 Å². The van der Waals surface area contributed by atoms with Crippen molar-refractivity contribution in [3.05, 3.63) is 0 Å². The monoisotopic (exact) mass is 224 g/mol. The van der Waals surface area contributed by atoms with Crippen LogP contribution in [0.5, 0.6) is 0 Å². The average Bonchev–Trinajstić information content (AvgIpc) is 2.83. The number of hydrogen-bond acceptors (Lipinski definition) is 2. The zero-order chi connectivity index (χ0) is 11.4. The lowest BCUT2D eigenvalue weighted by molar-refractivity contribution is 0.0754. The topological polar surface area (TPSA) is 15.3 Å². The molecule has 1 saturated heterocycles. The minimum Gasteiger partial charge on any atom is -0.313 e. The van der Waals surface area contributed by atoms with Crippen molar-refractivity contribution in [3.8, 4) is 0 Å². The summed E-state index contributed by atoms with van der Waals surface area (Å²) < 4.78 is 0. The van der Waals surface area contributed by atoms with Gasteiger partial charge in [-0.2, -0.15) is 0 Å². The Morgan fingerprint density at radius 1 is 1.12 bits per heavy atom. The van der Waals surface area contributed by atoms with E-state index in [1.807, 2.05) is 0 Å². The molecule has 1 heterocycles. The van der Waals surface area contributed by atoms with Crippen LogP contribution in [0.3, 0.4) is 0 Å². The van der Waals surface area contributed by atoms with E-state index in [1.165, 1.54) is 51.5 Å². The molecule has 2 rings (SSSR count). The molecule has 2 fully saturated rings. The highest BCUT2D eigenvalue weighted by Crippen LogP contribution is 2.30. The summed E-state index contributed by atoms with van der Waals surface area (Å²) >= 11 is 0. The quantitative estimate of drug-likeness (QED) is 0.790. The van der Waals surface area contributed by atoms with Crippen molar-refractivity contribution in [1.82, 2.24) is 10.2 Å². The molecular formula is C14H28N2. The van der Waals surface area contributed by atoms with Crippen LogP contribution in [0.25, 0.3) is 0 Å². The number of likely N-dealkylation sites (tertiary alicyclic amines) is 1. The molecule has 1 N–H and O–H groups in total. The van der Waals surface area contributed by atoms with Crippen molar-refractivity contribution in [2.24, 2.45) is 0 Å². The summed E-state index contributed by atoms with van der Waals surface area (Å²) in [6.45, 7) is 7.06. The molecule has 0 amide bonds. The Labute approximate surface area is 101 Å². The highest BCUT2D eigenvalue weighted by molar-refractivity contribution is 4.90. The van der Waals surface area contributed by atoms with Gasteiger partial charge in [0.25, 0.3) is 0 Å². The summed E-state index contributed by atoms with van der Waals surface area (Å²) in [5.41, 5.74) is 0. The number of nitrogens with one attached hydrogen (secondary N) is 1. The van der Waals surface area contributed by atoms with Crippen molar-refractivity contribution in [1.29, 1.82) is 0 Å². The van der Waals surface area contributed by atoms with Crippen LogP contribution in [0.1, 0.15) is 58.8 Å². The summed E-state index contributed by atoms with van der Waals surface area (Å²) in [6.07, 6.45) is 10.1. The van der Waals surface area contributed by atoms with E-state index in [9.17, 15) is 0 Å². The molecule has 2 nitrogen and oxygen atoms in total. The molecule has 2 unspecified atom stereocenters. The molecule has 0 radical (unpaired) electrons. The third-order valence-electron chi connectivity index (χ3n) is 4.49. The molecule has 2 atom stereocenters. The van der Waals surface area contributed by atoms with Crippen LogP contribution in [0.4, 0.5) is 0 Å². The summed E-state index contributed by atoms with van der Waals surface area (Å²) in [7, 11) is 0. The molecule has 0 aromatic heterocycles. The van der Waals surface area contributed by atoms with Crippen LogP contribution in [0.15, 0.2) is 0 Å². The first-order valence-corrected chi connectivity index (χ1v) is 7.32. The second kappa shape index (κ2) is 6.02. The van der Waals surface area contributed by atoms with Crippen LogP contribution in [0.2, 0.25) is 0 Å². The van der Waals surface area contributed by atoms with E-state index in [2.05, 4.69) is 24.1 Å². The maximum atomic E-state index is 3.63. The van der Waals surface area contributed by atoms with Gasteiger partial charge in [0.15, 0.2) is 0 Å². The van der Waals surface area contributed by atoms with Crippen molar-refractivity contribution < 1.29 is 0 Å². The molecule has 2 heteroatoms. The Morgan fingerprint density at radius 2 is 1.81 bits per heavy atom. The van der Waals surface area contributed by atoms with Gasteiger partial charge in [-0.25, -0.2) is 0 Å². The maximum Gasteiger partial charge on any atom is 0.0249 e. The number of likely N-dealkylation sites (N-methyl/N-ethyl adjacent to an activating group) is 1. The molecule has 0 spiro atoms. The van der Waals surface area contributed by atoms with Crippen LogP contribution in [-0.4, -0.2) is 36.1 Å². The molecule has 1 saturated carbocycles. The van der Waals surface area contributed by atoms with Gasteiger partial charge in [0.05, 0.1) is 0 Å². The first kappa shape index (κ1) is 12.4. The predicted octanol–water partition coefficient (Wildman–Crippen LogP) is 2.78. The first-order chi connectivity index (χ1) is 7.83. The summed E-state index contributed by atoms with van der Waals surface area (Å²) in [6, 6.07) is 2.38. The predicted molar refractivity (Wildman–Crippen MR) is 69.7 cm³/mol. The fraction of sp³-hybridized carbons (Fsp3) is 1.00. The number of rotatable bonds is 4. The van der Waals surface area contributed by atoms with E-state index in [4.69, 9.17) is 0 Å². The van der Waals surface area contributed by atoms with Crippen molar-refractivity contribution in [3.63, 3.8) is 0 Å². The van der Waals surface area contributed by atoms with Gasteiger partial charge in [0.2, 0.25) is 0 Å². The van der Waals surface area contributed by atoms with Crippen LogP contribution in [-0.2, 0) is 0 Å². The van der Waals surface area contributed by atoms with E-state index in [-0.39, 0.29) is 0 Å². The summed E-state index contributed by atoms with van der Waals surface area (Å²) in [4.78, 5) is 2.84. The molecule has 1 aliphatic heterocycles. The van der Waals surface area contributed by atoms with Crippen molar-refractivity contribution in [2.45, 2.75) is 76.9 Å². The van der Waals surface area contributed by atoms with E-state index >= 15 is 0 Å². The second-order valence-electron chi connectivity index (χ2n) is 5.59. The van der Waals surface area contributed by atoms with E-state index in [0.29, 0.717) is 6.04 Å². The highest BCUT2D eigenvalue weighted by Gasteiger charge is 2.32. The largest absolute Gasteiger partial charge is 0.313 e. The van der Waals surface area contributed by atoms with Crippen LogP contribution in [0, 0.1) is 0 Å². The van der Waals surface area contributed by atoms with Crippen molar-refractivity contribution >= 4 is 0 Å². The van der Waals surface area contributed by atoms with Gasteiger partial charge in [-0.15, -0.1) is 0 Å². The third-order valence-corrected chi connectivity index (χ3v) is 4.49. The SMILES string of the molecule is CCNC(C)C1CCCCN1C1CCCC1. The lowest BCUT2D eigenvalue weighted by Crippen LogP contribution is -2.54. The molecular weight excluding hydrogens is 196 g/mol. The Bertz CT molecular complexity index is 199. The van der Waals surface area contributed by atoms with Gasteiger partial charge in [0.1, 0.15) is 0 Å². The number of piperidine rings is 1. The van der Waals surface area contributed by atoms with Gasteiger partial charge < -0.3 is 5.32 Å². The average molecular weight is 224 g/mol. The van der Waals surface area contributed by atoms with E-state index < -0.39 is 0 Å². The van der Waals surface area contributed by atoms with Crippen LogP contribution < -0.4 is 5.32 Å². The van der Waals surface area contributed by atoms with Gasteiger partial charge in [-0.05, 0) is 45.7 Å². The molecule has 0 aromatic carbocycles. The smallest absolute Gasteiger partial charge is 0.0249 e. The number of nitrogens with zero attached hydrogens (tertiary/aromatic N) is 1. The Kier molecular flexibility index (Phi) is 4.66. The van der Waals surface area contributed by atoms with E-state index in [1.54, 1.807) is 0 Å². The summed E-state index contributed by atoms with van der Waals surface area (Å²) in [5, 5.41) is 3.63. The molecule has 0 bridgehead atoms.